The van der Waals surface area contributed by atoms with Gasteiger partial charge in [0.15, 0.2) is 6.10 Å². The van der Waals surface area contributed by atoms with Crippen LogP contribution in [-0.2, 0) is 0 Å². The Balaban J connectivity index is 1.87. The molecule has 1 atom stereocenters. The van der Waals surface area contributed by atoms with E-state index in [1.807, 2.05) is 30.3 Å². The molecule has 1 aromatic carbocycles. The number of aliphatic hydroxyl groups is 1. The van der Waals surface area contributed by atoms with Crippen molar-refractivity contribution in [1.29, 1.82) is 0 Å². The zero-order valence-electron chi connectivity index (χ0n) is 10.7. The van der Waals surface area contributed by atoms with Gasteiger partial charge in [0.1, 0.15) is 11.5 Å². The van der Waals surface area contributed by atoms with Crippen molar-refractivity contribution in [3.05, 3.63) is 65.9 Å². The molecule has 2 N–H and O–H groups in total. The summed E-state index contributed by atoms with van der Waals surface area (Å²) in [6.45, 7) is 0. The Kier molecular flexibility index (Phi) is 3.25. The molecular weight excluding hydrogens is 274 g/mol. The van der Waals surface area contributed by atoms with Crippen LogP contribution in [-0.4, -0.2) is 31.2 Å². The van der Waals surface area contributed by atoms with Gasteiger partial charge in [-0.15, -0.1) is 0 Å². The third kappa shape index (κ3) is 2.54. The number of aliphatic hydroxyl groups excluding tert-OH is 1. The van der Waals surface area contributed by atoms with Crippen LogP contribution in [0, 0.1) is 0 Å². The summed E-state index contributed by atoms with van der Waals surface area (Å²) >= 11 is 0. The maximum Gasteiger partial charge on any atom is 0.371 e. The zero-order chi connectivity index (χ0) is 14.8. The van der Waals surface area contributed by atoms with Gasteiger partial charge in [-0.2, -0.15) is 15.0 Å². The second-order valence-corrected chi connectivity index (χ2v) is 4.30. The molecule has 2 aromatic heterocycles. The number of hydrogen-bond donors (Lipinski definition) is 2. The Bertz CT molecular complexity index is 763. The van der Waals surface area contributed by atoms with E-state index in [9.17, 15) is 9.90 Å². The highest BCUT2D eigenvalue weighted by atomic mass is 16.4. The predicted molar refractivity (Wildman–Crippen MR) is 71.1 cm³/mol. The number of aromatic nitrogens is 3. The second-order valence-electron chi connectivity index (χ2n) is 4.30. The molecule has 0 saturated carbocycles. The number of hydrogen-bond acceptors (Lipinski definition) is 5. The first-order valence-electron chi connectivity index (χ1n) is 6.14. The van der Waals surface area contributed by atoms with Crippen molar-refractivity contribution < 1.29 is 19.4 Å². The van der Waals surface area contributed by atoms with E-state index < -0.39 is 12.1 Å². The minimum atomic E-state index is -1.19. The van der Waals surface area contributed by atoms with E-state index in [4.69, 9.17) is 9.52 Å². The molecule has 7 heteroatoms. The van der Waals surface area contributed by atoms with Gasteiger partial charge in [-0.05, 0) is 24.3 Å². The SMILES string of the molecule is O=C(O)c1ccc(C(O)c2cnn(-c3ccccc3)n2)o1. The summed E-state index contributed by atoms with van der Waals surface area (Å²) < 4.78 is 5.05. The van der Waals surface area contributed by atoms with Crippen molar-refractivity contribution in [2.45, 2.75) is 6.10 Å². The highest BCUT2D eigenvalue weighted by Gasteiger charge is 2.20. The number of para-hydroxylation sites is 1. The maximum absolute atomic E-state index is 10.8. The molecule has 3 rings (SSSR count). The number of nitrogens with zero attached hydrogens (tertiary/aromatic N) is 3. The number of furan rings is 1. The van der Waals surface area contributed by atoms with Crippen LogP contribution >= 0.6 is 0 Å². The van der Waals surface area contributed by atoms with E-state index in [2.05, 4.69) is 10.2 Å². The lowest BCUT2D eigenvalue weighted by molar-refractivity contribution is 0.0654. The van der Waals surface area contributed by atoms with Crippen LogP contribution in [0.4, 0.5) is 0 Å². The Morgan fingerprint density at radius 3 is 2.62 bits per heavy atom. The summed E-state index contributed by atoms with van der Waals surface area (Å²) in [6.07, 6.45) is 0.233. The minimum Gasteiger partial charge on any atom is -0.475 e. The van der Waals surface area contributed by atoms with E-state index >= 15 is 0 Å². The third-order valence-corrected chi connectivity index (χ3v) is 2.88. The van der Waals surface area contributed by atoms with Gasteiger partial charge in [-0.25, -0.2) is 4.79 Å². The second kappa shape index (κ2) is 5.22. The summed E-state index contributed by atoms with van der Waals surface area (Å²) in [4.78, 5) is 12.1. The van der Waals surface area contributed by atoms with Crippen molar-refractivity contribution in [2.24, 2.45) is 0 Å². The normalized spacial score (nSPS) is 12.2. The van der Waals surface area contributed by atoms with Crippen LogP contribution in [0.2, 0.25) is 0 Å². The molecule has 21 heavy (non-hydrogen) atoms. The van der Waals surface area contributed by atoms with Gasteiger partial charge < -0.3 is 14.6 Å². The summed E-state index contributed by atoms with van der Waals surface area (Å²) in [5.41, 5.74) is 1.02. The molecule has 0 bridgehead atoms. The fourth-order valence-electron chi connectivity index (χ4n) is 1.85. The van der Waals surface area contributed by atoms with Gasteiger partial charge in [0.25, 0.3) is 0 Å². The number of benzene rings is 1. The van der Waals surface area contributed by atoms with E-state index in [-0.39, 0.29) is 17.2 Å². The molecule has 3 aromatic rings. The topological polar surface area (TPSA) is 101 Å². The molecule has 0 amide bonds. The van der Waals surface area contributed by atoms with E-state index in [0.29, 0.717) is 0 Å². The van der Waals surface area contributed by atoms with E-state index in [1.165, 1.54) is 23.1 Å². The summed E-state index contributed by atoms with van der Waals surface area (Å²) in [5.74, 6) is -1.33. The highest BCUT2D eigenvalue weighted by Crippen LogP contribution is 2.22. The lowest BCUT2D eigenvalue weighted by atomic mass is 10.2. The summed E-state index contributed by atoms with van der Waals surface area (Å²) in [7, 11) is 0. The molecule has 0 spiro atoms. The van der Waals surface area contributed by atoms with Crippen molar-refractivity contribution in [3.63, 3.8) is 0 Å². The molecule has 106 valence electrons. The van der Waals surface area contributed by atoms with Crippen LogP contribution in [0.3, 0.4) is 0 Å². The number of carbonyl (C=O) groups is 1. The first-order chi connectivity index (χ1) is 10.1. The lowest BCUT2D eigenvalue weighted by Gasteiger charge is -2.03. The van der Waals surface area contributed by atoms with E-state index in [1.54, 1.807) is 0 Å². The number of rotatable bonds is 4. The number of aromatic carboxylic acids is 1. The molecule has 0 aliphatic rings. The molecule has 0 aliphatic heterocycles. The molecular formula is C14H11N3O4. The van der Waals surface area contributed by atoms with Gasteiger partial charge in [0.2, 0.25) is 5.76 Å². The highest BCUT2D eigenvalue weighted by molar-refractivity contribution is 5.84. The van der Waals surface area contributed by atoms with Crippen molar-refractivity contribution in [3.8, 4) is 5.69 Å². The maximum atomic E-state index is 10.8. The fourth-order valence-corrected chi connectivity index (χ4v) is 1.85. The largest absolute Gasteiger partial charge is 0.475 e. The molecule has 2 heterocycles. The van der Waals surface area contributed by atoms with Crippen LogP contribution < -0.4 is 0 Å². The van der Waals surface area contributed by atoms with Crippen molar-refractivity contribution in [2.75, 3.05) is 0 Å². The average Bonchev–Trinajstić information content (AvgIpc) is 3.17. The Morgan fingerprint density at radius 2 is 1.95 bits per heavy atom. The predicted octanol–water partition coefficient (Wildman–Crippen LogP) is 1.64. The first kappa shape index (κ1) is 13.1. The van der Waals surface area contributed by atoms with Gasteiger partial charge in [0, 0.05) is 0 Å². The number of carboxylic acid groups (broad SMARTS) is 1. The molecule has 7 nitrogen and oxygen atoms in total. The van der Waals surface area contributed by atoms with Crippen molar-refractivity contribution in [1.82, 2.24) is 15.0 Å². The van der Waals surface area contributed by atoms with Crippen LogP contribution in [0.25, 0.3) is 5.69 Å². The molecule has 0 radical (unpaired) electrons. The molecule has 0 saturated heterocycles. The van der Waals surface area contributed by atoms with Crippen LogP contribution in [0.1, 0.15) is 28.1 Å². The van der Waals surface area contributed by atoms with Crippen LogP contribution in [0.5, 0.6) is 0 Å². The smallest absolute Gasteiger partial charge is 0.371 e. The first-order valence-corrected chi connectivity index (χ1v) is 6.14. The summed E-state index contributed by atoms with van der Waals surface area (Å²) in [6, 6.07) is 11.9. The molecule has 0 aliphatic carbocycles. The van der Waals surface area contributed by atoms with Crippen LogP contribution in [0.15, 0.2) is 53.1 Å². The fraction of sp³-hybridized carbons (Fsp3) is 0.0714. The monoisotopic (exact) mass is 285 g/mol. The standard InChI is InChI=1S/C14H11N3O4/c18-13(11-6-7-12(21-11)14(19)20)10-8-15-17(16-10)9-4-2-1-3-5-9/h1-8,13,18H,(H,19,20). The van der Waals surface area contributed by atoms with Gasteiger partial charge >= 0.3 is 5.97 Å². The van der Waals surface area contributed by atoms with Gasteiger partial charge in [-0.3, -0.25) is 0 Å². The van der Waals surface area contributed by atoms with Crippen molar-refractivity contribution >= 4 is 5.97 Å². The van der Waals surface area contributed by atoms with E-state index in [0.717, 1.165) is 5.69 Å². The third-order valence-electron chi connectivity index (χ3n) is 2.88. The zero-order valence-corrected chi connectivity index (χ0v) is 10.7. The Labute approximate surface area is 119 Å². The quantitative estimate of drug-likeness (QED) is 0.755. The van der Waals surface area contributed by atoms with Gasteiger partial charge in [-0.1, -0.05) is 18.2 Å². The van der Waals surface area contributed by atoms with Gasteiger partial charge in [0.05, 0.1) is 11.9 Å². The molecule has 1 unspecified atom stereocenters. The lowest BCUT2D eigenvalue weighted by Crippen LogP contribution is -2.02. The number of carboxylic acids is 1. The molecule has 0 fully saturated rings. The minimum absolute atomic E-state index is 0.104. The summed E-state index contributed by atoms with van der Waals surface area (Å²) in [5, 5.41) is 27.2. The Hall–Kier alpha value is -2.93. The average molecular weight is 285 g/mol. The Morgan fingerprint density at radius 1 is 1.19 bits per heavy atom.